The highest BCUT2D eigenvalue weighted by Crippen LogP contribution is 2.35. The molecule has 0 bridgehead atoms. The number of fused-ring (bicyclic) bond motifs is 1. The number of aryl methyl sites for hydroxylation is 1. The van der Waals surface area contributed by atoms with Crippen LogP contribution in [0, 0.1) is 6.92 Å². The van der Waals surface area contributed by atoms with E-state index in [1.165, 1.54) is 60.6 Å². The summed E-state index contributed by atoms with van der Waals surface area (Å²) in [5, 5.41) is 8.83. The molecule has 1 atom stereocenters. The van der Waals surface area contributed by atoms with E-state index in [9.17, 15) is 0 Å². The Kier molecular flexibility index (Phi) is 4.80. The minimum absolute atomic E-state index is 0.578. The molecule has 4 nitrogen and oxygen atoms in total. The summed E-state index contributed by atoms with van der Waals surface area (Å²) in [6.45, 7) is 9.01. The second-order valence-electron chi connectivity index (χ2n) is 7.58. The first-order valence-electron chi connectivity index (χ1n) is 9.91. The van der Waals surface area contributed by atoms with Crippen molar-refractivity contribution in [3.63, 3.8) is 0 Å². The first-order valence-corrected chi connectivity index (χ1v) is 9.91. The van der Waals surface area contributed by atoms with Crippen molar-refractivity contribution < 1.29 is 0 Å². The lowest BCUT2D eigenvalue weighted by atomic mass is 9.91. The van der Waals surface area contributed by atoms with Crippen LogP contribution >= 0.6 is 0 Å². The molecule has 1 saturated heterocycles. The summed E-state index contributed by atoms with van der Waals surface area (Å²) in [7, 11) is 0. The van der Waals surface area contributed by atoms with Crippen LogP contribution in [0.3, 0.4) is 0 Å². The van der Waals surface area contributed by atoms with E-state index < -0.39 is 0 Å². The Bertz CT molecular complexity index is 716. The van der Waals surface area contributed by atoms with Gasteiger partial charge in [-0.3, -0.25) is 0 Å². The van der Waals surface area contributed by atoms with Crippen LogP contribution in [-0.4, -0.2) is 40.9 Å². The number of likely N-dealkylation sites (tertiary alicyclic amines) is 1. The number of hydrogen-bond donors (Lipinski definition) is 1. The summed E-state index contributed by atoms with van der Waals surface area (Å²) in [6.07, 6.45) is 6.22. The number of hydrogen-bond acceptors (Lipinski definition) is 3. The zero-order valence-corrected chi connectivity index (χ0v) is 15.6. The third-order valence-corrected chi connectivity index (χ3v) is 5.78. The van der Waals surface area contributed by atoms with Gasteiger partial charge in [-0.05, 0) is 64.3 Å². The maximum Gasteiger partial charge on any atom is 0.133 e. The minimum Gasteiger partial charge on any atom is -0.370 e. The van der Waals surface area contributed by atoms with Gasteiger partial charge in [-0.2, -0.15) is 5.10 Å². The van der Waals surface area contributed by atoms with Crippen LogP contribution in [0.1, 0.15) is 55.3 Å². The van der Waals surface area contributed by atoms with E-state index in [2.05, 4.69) is 53.0 Å². The Morgan fingerprint density at radius 3 is 2.80 bits per heavy atom. The lowest BCUT2D eigenvalue weighted by molar-refractivity contribution is 0.215. The number of benzene rings is 1. The van der Waals surface area contributed by atoms with Gasteiger partial charge in [0.15, 0.2) is 0 Å². The van der Waals surface area contributed by atoms with E-state index in [-0.39, 0.29) is 0 Å². The highest BCUT2D eigenvalue weighted by atomic mass is 15.3. The molecule has 2 aliphatic heterocycles. The quantitative estimate of drug-likeness (QED) is 0.913. The third kappa shape index (κ3) is 3.32. The molecule has 1 fully saturated rings. The topological polar surface area (TPSA) is 33.1 Å². The van der Waals surface area contributed by atoms with E-state index in [1.54, 1.807) is 0 Å². The van der Waals surface area contributed by atoms with Gasteiger partial charge >= 0.3 is 0 Å². The Hall–Kier alpha value is -1.81. The second kappa shape index (κ2) is 7.20. The lowest BCUT2D eigenvalue weighted by Gasteiger charge is -2.31. The SMILES string of the molecule is CCN1CCCC(c2nn(-c3ccc(C)cc3)c3c2CCCCN3)C1. The zero-order chi connectivity index (χ0) is 17.2. The van der Waals surface area contributed by atoms with E-state index in [0.717, 1.165) is 26.1 Å². The first kappa shape index (κ1) is 16.6. The molecule has 134 valence electrons. The molecular weight excluding hydrogens is 308 g/mol. The zero-order valence-electron chi connectivity index (χ0n) is 15.6. The van der Waals surface area contributed by atoms with Gasteiger partial charge in [-0.15, -0.1) is 0 Å². The molecule has 0 spiro atoms. The molecule has 0 radical (unpaired) electrons. The summed E-state index contributed by atoms with van der Waals surface area (Å²) in [6, 6.07) is 8.74. The van der Waals surface area contributed by atoms with Crippen molar-refractivity contribution in [1.82, 2.24) is 14.7 Å². The third-order valence-electron chi connectivity index (χ3n) is 5.78. The fourth-order valence-corrected chi connectivity index (χ4v) is 4.30. The standard InChI is InChI=1S/C21H30N4/c1-3-24-14-6-7-17(15-24)20-19-8-4-5-13-22-21(19)25(23-20)18-11-9-16(2)10-12-18/h9-12,17,22H,3-8,13-15H2,1-2H3. The first-order chi connectivity index (χ1) is 12.3. The van der Waals surface area contributed by atoms with Gasteiger partial charge in [0, 0.05) is 24.6 Å². The van der Waals surface area contributed by atoms with Crippen molar-refractivity contribution in [2.45, 2.75) is 51.9 Å². The van der Waals surface area contributed by atoms with Crippen molar-refractivity contribution in [2.24, 2.45) is 0 Å². The van der Waals surface area contributed by atoms with Gasteiger partial charge in [0.05, 0.1) is 11.4 Å². The van der Waals surface area contributed by atoms with Gasteiger partial charge in [-0.25, -0.2) is 4.68 Å². The van der Waals surface area contributed by atoms with Crippen LogP contribution in [0.4, 0.5) is 5.82 Å². The van der Waals surface area contributed by atoms with Gasteiger partial charge < -0.3 is 10.2 Å². The van der Waals surface area contributed by atoms with Gasteiger partial charge in [0.25, 0.3) is 0 Å². The lowest BCUT2D eigenvalue weighted by Crippen LogP contribution is -2.34. The molecule has 3 heterocycles. The summed E-state index contributed by atoms with van der Waals surface area (Å²) in [5.41, 5.74) is 5.29. The average molecular weight is 338 g/mol. The van der Waals surface area contributed by atoms with E-state index in [0.29, 0.717) is 5.92 Å². The molecule has 2 aromatic rings. The van der Waals surface area contributed by atoms with Crippen molar-refractivity contribution in [3.8, 4) is 5.69 Å². The van der Waals surface area contributed by atoms with E-state index in [4.69, 9.17) is 5.10 Å². The van der Waals surface area contributed by atoms with Crippen LogP contribution in [0.15, 0.2) is 24.3 Å². The molecule has 4 rings (SSSR count). The number of nitrogens with zero attached hydrogens (tertiary/aromatic N) is 3. The largest absolute Gasteiger partial charge is 0.370 e. The predicted molar refractivity (Wildman–Crippen MR) is 104 cm³/mol. The maximum absolute atomic E-state index is 5.15. The second-order valence-corrected chi connectivity index (χ2v) is 7.58. The number of nitrogens with one attached hydrogen (secondary N) is 1. The molecule has 1 aromatic carbocycles. The van der Waals surface area contributed by atoms with E-state index in [1.807, 2.05) is 0 Å². The highest BCUT2D eigenvalue weighted by Gasteiger charge is 2.29. The molecule has 1 N–H and O–H groups in total. The highest BCUT2D eigenvalue weighted by molar-refractivity contribution is 5.55. The fraction of sp³-hybridized carbons (Fsp3) is 0.571. The monoisotopic (exact) mass is 338 g/mol. The van der Waals surface area contributed by atoms with Crippen LogP contribution in [0.25, 0.3) is 5.69 Å². The molecule has 0 saturated carbocycles. The molecular formula is C21H30N4. The minimum atomic E-state index is 0.578. The van der Waals surface area contributed by atoms with Crippen LogP contribution < -0.4 is 5.32 Å². The van der Waals surface area contributed by atoms with Crippen molar-refractivity contribution in [2.75, 3.05) is 31.5 Å². The summed E-state index contributed by atoms with van der Waals surface area (Å²) in [4.78, 5) is 2.58. The number of piperidine rings is 1. The fourth-order valence-electron chi connectivity index (χ4n) is 4.30. The van der Waals surface area contributed by atoms with Gasteiger partial charge in [-0.1, -0.05) is 24.6 Å². The van der Waals surface area contributed by atoms with Gasteiger partial charge in [0.2, 0.25) is 0 Å². The van der Waals surface area contributed by atoms with E-state index >= 15 is 0 Å². The van der Waals surface area contributed by atoms with Crippen molar-refractivity contribution >= 4 is 5.82 Å². The Labute approximate surface area is 151 Å². The average Bonchev–Trinajstić information content (AvgIpc) is 2.84. The maximum atomic E-state index is 5.15. The van der Waals surface area contributed by atoms with Crippen molar-refractivity contribution in [1.29, 1.82) is 0 Å². The summed E-state index contributed by atoms with van der Waals surface area (Å²) >= 11 is 0. The predicted octanol–water partition coefficient (Wildman–Crippen LogP) is 4.13. The van der Waals surface area contributed by atoms with Crippen LogP contribution in [0.5, 0.6) is 0 Å². The molecule has 1 unspecified atom stereocenters. The van der Waals surface area contributed by atoms with Gasteiger partial charge in [0.1, 0.15) is 5.82 Å². The number of anilines is 1. The molecule has 0 amide bonds. The Balaban J connectivity index is 1.75. The Morgan fingerprint density at radius 2 is 2.00 bits per heavy atom. The molecule has 0 aliphatic carbocycles. The molecule has 1 aromatic heterocycles. The number of rotatable bonds is 3. The summed E-state index contributed by atoms with van der Waals surface area (Å²) in [5.74, 6) is 1.82. The number of likely N-dealkylation sites (N-methyl/N-ethyl adjacent to an activating group) is 1. The normalized spacial score (nSPS) is 21.4. The molecule has 4 heteroatoms. The molecule has 25 heavy (non-hydrogen) atoms. The van der Waals surface area contributed by atoms with Crippen molar-refractivity contribution in [3.05, 3.63) is 41.1 Å². The Morgan fingerprint density at radius 1 is 1.16 bits per heavy atom. The smallest absolute Gasteiger partial charge is 0.133 e. The molecule has 2 aliphatic rings. The number of aromatic nitrogens is 2. The van der Waals surface area contributed by atoms with Crippen LogP contribution in [-0.2, 0) is 6.42 Å². The summed E-state index contributed by atoms with van der Waals surface area (Å²) < 4.78 is 2.17. The van der Waals surface area contributed by atoms with Crippen LogP contribution in [0.2, 0.25) is 0 Å².